The summed E-state index contributed by atoms with van der Waals surface area (Å²) in [7, 11) is -3.93. The normalized spacial score (nSPS) is 15.1. The van der Waals surface area contributed by atoms with Crippen LogP contribution in [0.4, 0.5) is 0 Å². The first-order valence-electron chi connectivity index (χ1n) is 10.1. The predicted molar refractivity (Wildman–Crippen MR) is 116 cm³/mol. The van der Waals surface area contributed by atoms with Gasteiger partial charge in [0, 0.05) is 5.56 Å². The van der Waals surface area contributed by atoms with Crippen molar-refractivity contribution < 1.29 is 13.2 Å². The van der Waals surface area contributed by atoms with E-state index in [1.165, 1.54) is 30.7 Å². The van der Waals surface area contributed by atoms with Crippen molar-refractivity contribution in [3.8, 4) is 11.8 Å². The number of aromatic amines is 2. The van der Waals surface area contributed by atoms with Gasteiger partial charge in [-0.2, -0.15) is 10.1 Å². The molecule has 0 amide bonds. The Hall–Kier alpha value is -3.57. The van der Waals surface area contributed by atoms with Gasteiger partial charge in [-0.15, -0.1) is 0 Å². The van der Waals surface area contributed by atoms with Gasteiger partial charge in [-0.1, -0.05) is 18.2 Å². The van der Waals surface area contributed by atoms with Crippen LogP contribution in [0.5, 0.6) is 11.8 Å². The van der Waals surface area contributed by atoms with Gasteiger partial charge >= 0.3 is 6.01 Å². The van der Waals surface area contributed by atoms with Gasteiger partial charge in [0.2, 0.25) is 9.84 Å². The summed E-state index contributed by atoms with van der Waals surface area (Å²) in [5.74, 6) is 0.229. The fraction of sp³-hybridized carbons (Fsp3) is 0.238. The number of benzene rings is 1. The van der Waals surface area contributed by atoms with Gasteiger partial charge in [0.25, 0.3) is 5.56 Å². The number of ether oxygens (including phenoxy) is 1. The minimum Gasteiger partial charge on any atom is -0.422 e. The third kappa shape index (κ3) is 3.65. The molecule has 10 nitrogen and oxygen atoms in total. The van der Waals surface area contributed by atoms with Gasteiger partial charge in [0.15, 0.2) is 10.8 Å². The van der Waals surface area contributed by atoms with E-state index in [-0.39, 0.29) is 32.8 Å². The fourth-order valence-corrected chi connectivity index (χ4v) is 5.48. The summed E-state index contributed by atoms with van der Waals surface area (Å²) < 4.78 is 32.5. The number of piperidine rings is 1. The average Bonchev–Trinajstić information content (AvgIpc) is 3.32. The van der Waals surface area contributed by atoms with Crippen LogP contribution in [0.15, 0.2) is 63.6 Å². The van der Waals surface area contributed by atoms with E-state index in [1.54, 1.807) is 18.2 Å². The predicted octanol–water partition coefficient (Wildman–Crippen LogP) is 2.13. The second kappa shape index (κ2) is 8.17. The fourth-order valence-electron chi connectivity index (χ4n) is 3.99. The molecule has 0 spiro atoms. The Bertz CT molecular complexity index is 1410. The minimum absolute atomic E-state index is 0.0272. The summed E-state index contributed by atoms with van der Waals surface area (Å²) in [4.78, 5) is 24.6. The zero-order chi connectivity index (χ0) is 22.1. The molecule has 0 bridgehead atoms. The molecule has 0 saturated carbocycles. The summed E-state index contributed by atoms with van der Waals surface area (Å²) in [5.41, 5.74) is 0.207. The Balaban J connectivity index is 1.72. The molecule has 0 atom stereocenters. The van der Waals surface area contributed by atoms with Crippen molar-refractivity contribution in [2.24, 2.45) is 0 Å². The molecule has 1 aliphatic rings. The summed E-state index contributed by atoms with van der Waals surface area (Å²) in [6, 6.07) is 8.09. The minimum atomic E-state index is -3.93. The van der Waals surface area contributed by atoms with Crippen LogP contribution < -0.4 is 15.6 Å². The van der Waals surface area contributed by atoms with Crippen molar-refractivity contribution in [1.29, 1.82) is 0 Å². The molecular weight excluding hydrogens is 432 g/mol. The maximum atomic E-state index is 13.5. The zero-order valence-corrected chi connectivity index (χ0v) is 17.7. The number of aromatic nitrogens is 5. The summed E-state index contributed by atoms with van der Waals surface area (Å²) in [6.07, 6.45) is 5.64. The van der Waals surface area contributed by atoms with Crippen molar-refractivity contribution in [1.82, 2.24) is 30.5 Å². The zero-order valence-electron chi connectivity index (χ0n) is 16.9. The number of nitrogens with zero attached hydrogens (tertiary/aromatic N) is 3. The summed E-state index contributed by atoms with van der Waals surface area (Å²) in [5, 5.41) is 9.80. The lowest BCUT2D eigenvalue weighted by Gasteiger charge is -2.25. The highest BCUT2D eigenvalue weighted by atomic mass is 32.2. The highest BCUT2D eigenvalue weighted by Crippen LogP contribution is 2.36. The largest absolute Gasteiger partial charge is 0.422 e. The lowest BCUT2D eigenvalue weighted by molar-refractivity contribution is 0.441. The van der Waals surface area contributed by atoms with Crippen LogP contribution in [0.1, 0.15) is 24.3 Å². The van der Waals surface area contributed by atoms with E-state index in [0.29, 0.717) is 24.2 Å². The molecule has 1 aliphatic heterocycles. The number of fused-ring (bicyclic) bond motifs is 1. The number of sulfone groups is 1. The van der Waals surface area contributed by atoms with Crippen LogP contribution in [-0.4, -0.2) is 46.7 Å². The monoisotopic (exact) mass is 452 g/mol. The van der Waals surface area contributed by atoms with Gasteiger partial charge in [-0.25, -0.2) is 13.4 Å². The molecule has 4 heterocycles. The number of hydrogen-bond donors (Lipinski definition) is 3. The Kier molecular flexibility index (Phi) is 5.19. The first kappa shape index (κ1) is 20.3. The number of rotatable bonds is 5. The average molecular weight is 452 g/mol. The van der Waals surface area contributed by atoms with Crippen molar-refractivity contribution >= 4 is 20.7 Å². The van der Waals surface area contributed by atoms with E-state index >= 15 is 0 Å². The lowest BCUT2D eigenvalue weighted by Crippen LogP contribution is -2.28. The number of pyridine rings is 1. The standard InChI is InChI=1S/C21H20N6O4S/c28-19-18-16(26-21(27-19)31-14-10-24-25-11-14)12-23-20(17(18)13-6-8-22-9-7-13)32(29,30)15-4-2-1-3-5-15/h1-5,10-13,22H,6-9H2,(H,24,25)(H,26,27,28). The van der Waals surface area contributed by atoms with Crippen molar-refractivity contribution in [3.63, 3.8) is 0 Å². The molecule has 3 aromatic heterocycles. The Morgan fingerprint density at radius 1 is 1.06 bits per heavy atom. The molecule has 164 valence electrons. The Morgan fingerprint density at radius 3 is 2.56 bits per heavy atom. The third-order valence-electron chi connectivity index (χ3n) is 5.47. The Labute approximate surface area is 183 Å². The van der Waals surface area contributed by atoms with Crippen LogP contribution in [0, 0.1) is 0 Å². The van der Waals surface area contributed by atoms with E-state index in [1.807, 2.05) is 0 Å². The molecule has 1 aromatic carbocycles. The van der Waals surface area contributed by atoms with Crippen molar-refractivity contribution in [2.45, 2.75) is 28.7 Å². The Morgan fingerprint density at radius 2 is 1.84 bits per heavy atom. The van der Waals surface area contributed by atoms with Crippen molar-refractivity contribution in [2.75, 3.05) is 13.1 Å². The first-order valence-corrected chi connectivity index (χ1v) is 11.6. The molecule has 32 heavy (non-hydrogen) atoms. The topological polar surface area (TPSA) is 143 Å². The SMILES string of the molecule is O=c1[nH]c(Oc2cn[nH]c2)nc2cnc(S(=O)(=O)c3ccccc3)c(C3CCNCC3)c12. The second-order valence-electron chi connectivity index (χ2n) is 7.49. The molecule has 1 saturated heterocycles. The highest BCUT2D eigenvalue weighted by molar-refractivity contribution is 7.91. The molecule has 4 aromatic rings. The van der Waals surface area contributed by atoms with Gasteiger partial charge in [-0.3, -0.25) is 14.9 Å². The van der Waals surface area contributed by atoms with Gasteiger partial charge in [-0.05, 0) is 44.0 Å². The molecular formula is C21H20N6O4S. The van der Waals surface area contributed by atoms with E-state index in [2.05, 4.69) is 30.5 Å². The molecule has 0 unspecified atom stereocenters. The second-order valence-corrected chi connectivity index (χ2v) is 9.35. The van der Waals surface area contributed by atoms with E-state index in [4.69, 9.17) is 4.74 Å². The van der Waals surface area contributed by atoms with Gasteiger partial charge < -0.3 is 10.1 Å². The van der Waals surface area contributed by atoms with E-state index < -0.39 is 15.4 Å². The number of nitrogens with one attached hydrogen (secondary N) is 3. The van der Waals surface area contributed by atoms with Crippen LogP contribution in [-0.2, 0) is 9.84 Å². The van der Waals surface area contributed by atoms with Crippen LogP contribution in [0.3, 0.4) is 0 Å². The van der Waals surface area contributed by atoms with Crippen LogP contribution >= 0.6 is 0 Å². The first-order chi connectivity index (χ1) is 15.5. The molecule has 3 N–H and O–H groups in total. The highest BCUT2D eigenvalue weighted by Gasteiger charge is 2.31. The molecule has 0 aliphatic carbocycles. The van der Waals surface area contributed by atoms with Gasteiger partial charge in [0.1, 0.15) is 5.52 Å². The molecule has 1 fully saturated rings. The lowest BCUT2D eigenvalue weighted by atomic mass is 9.89. The van der Waals surface area contributed by atoms with E-state index in [0.717, 1.165) is 13.1 Å². The summed E-state index contributed by atoms with van der Waals surface area (Å²) >= 11 is 0. The van der Waals surface area contributed by atoms with Crippen LogP contribution in [0.2, 0.25) is 0 Å². The smallest absolute Gasteiger partial charge is 0.302 e. The molecule has 0 radical (unpaired) electrons. The summed E-state index contributed by atoms with van der Waals surface area (Å²) in [6.45, 7) is 1.44. The van der Waals surface area contributed by atoms with Crippen LogP contribution in [0.25, 0.3) is 10.9 Å². The van der Waals surface area contributed by atoms with Crippen molar-refractivity contribution in [3.05, 3.63) is 64.8 Å². The maximum Gasteiger partial charge on any atom is 0.302 e. The molecule has 5 rings (SSSR count). The third-order valence-corrected chi connectivity index (χ3v) is 7.20. The maximum absolute atomic E-state index is 13.5. The molecule has 11 heteroatoms. The number of H-pyrrole nitrogens is 2. The van der Waals surface area contributed by atoms with Gasteiger partial charge in [0.05, 0.1) is 28.9 Å². The quantitative estimate of drug-likeness (QED) is 0.418. The number of hydrogen-bond acceptors (Lipinski definition) is 8. The van der Waals surface area contributed by atoms with E-state index in [9.17, 15) is 13.2 Å².